The highest BCUT2D eigenvalue weighted by Crippen LogP contribution is 2.61. The van der Waals surface area contributed by atoms with Crippen molar-refractivity contribution in [3.63, 3.8) is 0 Å². The Labute approximate surface area is 153 Å². The van der Waals surface area contributed by atoms with Gasteiger partial charge in [-0.25, -0.2) is 4.79 Å². The van der Waals surface area contributed by atoms with Crippen LogP contribution in [0.3, 0.4) is 0 Å². The second-order valence-corrected chi connectivity index (χ2v) is 8.18. The minimum absolute atomic E-state index is 0.0168. The number of nitro benzene ring substituents is 1. The van der Waals surface area contributed by atoms with Gasteiger partial charge in [0.15, 0.2) is 0 Å². The van der Waals surface area contributed by atoms with E-state index >= 15 is 0 Å². The third-order valence-corrected chi connectivity index (χ3v) is 6.57. The van der Waals surface area contributed by atoms with Crippen molar-refractivity contribution < 1.29 is 19.2 Å². The van der Waals surface area contributed by atoms with Gasteiger partial charge in [0.05, 0.1) is 17.6 Å². The fraction of sp³-hybridized carbons (Fsp3) is 0.650. The normalized spacial score (nSPS) is 31.7. The molecule has 6 heteroatoms. The van der Waals surface area contributed by atoms with Crippen LogP contribution < -0.4 is 4.74 Å². The van der Waals surface area contributed by atoms with Crippen LogP contribution in [0.4, 0.5) is 10.5 Å². The van der Waals surface area contributed by atoms with Gasteiger partial charge in [-0.15, -0.1) is 0 Å². The summed E-state index contributed by atoms with van der Waals surface area (Å²) in [4.78, 5) is 22.8. The van der Waals surface area contributed by atoms with Crippen molar-refractivity contribution in [1.29, 1.82) is 0 Å². The molecule has 0 amide bonds. The Bertz CT molecular complexity index is 716. The van der Waals surface area contributed by atoms with Crippen LogP contribution in [0.25, 0.3) is 0 Å². The Morgan fingerprint density at radius 1 is 1.15 bits per heavy atom. The van der Waals surface area contributed by atoms with Gasteiger partial charge in [0.25, 0.3) is 5.69 Å². The van der Waals surface area contributed by atoms with Crippen molar-refractivity contribution in [3.8, 4) is 5.75 Å². The SMILES string of the molecule is CCOC(=O)Oc1cc([N+](=O)[O-])c(C)cc1C1C2CC3CC(C2)CC1C3. The van der Waals surface area contributed by atoms with E-state index < -0.39 is 11.1 Å². The van der Waals surface area contributed by atoms with Crippen LogP contribution in [0.2, 0.25) is 0 Å². The van der Waals surface area contributed by atoms with E-state index in [4.69, 9.17) is 9.47 Å². The molecule has 0 spiro atoms. The lowest BCUT2D eigenvalue weighted by Gasteiger charge is -2.54. The van der Waals surface area contributed by atoms with Gasteiger partial charge in [0, 0.05) is 5.56 Å². The van der Waals surface area contributed by atoms with Crippen LogP contribution in [0.1, 0.15) is 56.1 Å². The molecule has 0 radical (unpaired) electrons. The lowest BCUT2D eigenvalue weighted by molar-refractivity contribution is -0.385. The van der Waals surface area contributed by atoms with Crippen LogP contribution in [0, 0.1) is 40.7 Å². The summed E-state index contributed by atoms with van der Waals surface area (Å²) in [5.74, 6) is 3.49. The molecule has 0 aromatic heterocycles. The number of ether oxygens (including phenoxy) is 2. The van der Waals surface area contributed by atoms with Gasteiger partial charge >= 0.3 is 6.16 Å². The summed E-state index contributed by atoms with van der Waals surface area (Å²) in [5, 5.41) is 11.4. The zero-order chi connectivity index (χ0) is 18.4. The third-order valence-electron chi connectivity index (χ3n) is 6.57. The molecule has 26 heavy (non-hydrogen) atoms. The number of benzene rings is 1. The highest BCUT2D eigenvalue weighted by Gasteiger charge is 2.49. The van der Waals surface area contributed by atoms with E-state index in [1.165, 1.54) is 38.2 Å². The Kier molecular flexibility index (Phi) is 4.37. The molecule has 4 saturated carbocycles. The number of carbonyl (C=O) groups is 1. The van der Waals surface area contributed by atoms with Crippen LogP contribution in [-0.4, -0.2) is 17.7 Å². The second-order valence-electron chi connectivity index (χ2n) is 8.18. The molecule has 0 unspecified atom stereocenters. The maximum atomic E-state index is 11.9. The van der Waals surface area contributed by atoms with Crippen LogP contribution in [0.15, 0.2) is 12.1 Å². The molecule has 4 aliphatic carbocycles. The minimum Gasteiger partial charge on any atom is -0.434 e. The summed E-state index contributed by atoms with van der Waals surface area (Å²) in [6.45, 7) is 3.67. The molecule has 0 N–H and O–H groups in total. The number of hydrogen-bond acceptors (Lipinski definition) is 5. The van der Waals surface area contributed by atoms with E-state index in [0.29, 0.717) is 29.1 Å². The Morgan fingerprint density at radius 3 is 2.31 bits per heavy atom. The fourth-order valence-corrected chi connectivity index (χ4v) is 5.92. The minimum atomic E-state index is -0.796. The lowest BCUT2D eigenvalue weighted by atomic mass is 9.50. The van der Waals surface area contributed by atoms with Gasteiger partial charge in [0.1, 0.15) is 5.75 Å². The van der Waals surface area contributed by atoms with E-state index in [9.17, 15) is 14.9 Å². The number of aryl methyl sites for hydroxylation is 1. The summed E-state index contributed by atoms with van der Waals surface area (Å²) in [6, 6.07) is 3.28. The first-order valence-electron chi connectivity index (χ1n) is 9.59. The molecule has 4 fully saturated rings. The number of nitrogens with zero attached hydrogens (tertiary/aromatic N) is 1. The zero-order valence-corrected chi connectivity index (χ0v) is 15.3. The monoisotopic (exact) mass is 359 g/mol. The number of rotatable bonds is 4. The van der Waals surface area contributed by atoms with Gasteiger partial charge in [-0.05, 0) is 87.2 Å². The van der Waals surface area contributed by atoms with Crippen molar-refractivity contribution in [2.24, 2.45) is 23.7 Å². The zero-order valence-electron chi connectivity index (χ0n) is 15.3. The first-order chi connectivity index (χ1) is 12.5. The topological polar surface area (TPSA) is 78.7 Å². The van der Waals surface area contributed by atoms with E-state index in [-0.39, 0.29) is 12.3 Å². The number of hydrogen-bond donors (Lipinski definition) is 0. The van der Waals surface area contributed by atoms with Gasteiger partial charge < -0.3 is 9.47 Å². The maximum Gasteiger partial charge on any atom is 0.513 e. The number of nitro groups is 1. The molecule has 0 saturated heterocycles. The van der Waals surface area contributed by atoms with Crippen molar-refractivity contribution in [3.05, 3.63) is 33.4 Å². The molecule has 5 rings (SSSR count). The molecule has 0 aliphatic heterocycles. The summed E-state index contributed by atoms with van der Waals surface area (Å²) >= 11 is 0. The largest absolute Gasteiger partial charge is 0.513 e. The van der Waals surface area contributed by atoms with Gasteiger partial charge in [-0.2, -0.15) is 0 Å². The molecular weight excluding hydrogens is 334 g/mol. The van der Waals surface area contributed by atoms with Crippen molar-refractivity contribution in [2.75, 3.05) is 6.61 Å². The third kappa shape index (κ3) is 2.95. The molecule has 1 aromatic rings. The molecule has 4 bridgehead atoms. The average Bonchev–Trinajstić information content (AvgIpc) is 2.56. The van der Waals surface area contributed by atoms with Gasteiger partial charge in [-0.1, -0.05) is 0 Å². The van der Waals surface area contributed by atoms with Crippen LogP contribution in [-0.2, 0) is 4.74 Å². The molecule has 4 aliphatic rings. The van der Waals surface area contributed by atoms with E-state index in [1.807, 2.05) is 6.07 Å². The highest BCUT2D eigenvalue weighted by molar-refractivity contribution is 5.66. The highest BCUT2D eigenvalue weighted by atomic mass is 16.7. The maximum absolute atomic E-state index is 11.9. The predicted molar refractivity (Wildman–Crippen MR) is 95.3 cm³/mol. The molecule has 1 aromatic carbocycles. The first-order valence-corrected chi connectivity index (χ1v) is 9.59. The lowest BCUT2D eigenvalue weighted by Crippen LogP contribution is -2.43. The summed E-state index contributed by atoms with van der Waals surface area (Å²) in [6.07, 6.45) is 5.49. The summed E-state index contributed by atoms with van der Waals surface area (Å²) < 4.78 is 10.3. The van der Waals surface area contributed by atoms with Crippen molar-refractivity contribution >= 4 is 11.8 Å². The van der Waals surface area contributed by atoms with E-state index in [0.717, 1.165) is 17.4 Å². The molecule has 0 heterocycles. The number of carbonyl (C=O) groups excluding carboxylic acids is 1. The van der Waals surface area contributed by atoms with E-state index in [2.05, 4.69) is 0 Å². The van der Waals surface area contributed by atoms with Crippen molar-refractivity contribution in [1.82, 2.24) is 0 Å². The molecular formula is C20H25NO5. The van der Waals surface area contributed by atoms with Crippen LogP contribution >= 0.6 is 0 Å². The quantitative estimate of drug-likeness (QED) is 0.328. The average molecular weight is 359 g/mol. The Hall–Kier alpha value is -2.11. The Balaban J connectivity index is 1.73. The Morgan fingerprint density at radius 2 is 1.77 bits per heavy atom. The van der Waals surface area contributed by atoms with Gasteiger partial charge in [0.2, 0.25) is 0 Å². The summed E-state index contributed by atoms with van der Waals surface area (Å²) in [5.41, 5.74) is 1.56. The molecule has 0 atom stereocenters. The van der Waals surface area contributed by atoms with Crippen LogP contribution in [0.5, 0.6) is 5.75 Å². The van der Waals surface area contributed by atoms with E-state index in [1.54, 1.807) is 13.8 Å². The fourth-order valence-electron chi connectivity index (χ4n) is 5.92. The first kappa shape index (κ1) is 17.3. The van der Waals surface area contributed by atoms with Gasteiger partial charge in [-0.3, -0.25) is 10.1 Å². The molecule has 6 nitrogen and oxygen atoms in total. The smallest absolute Gasteiger partial charge is 0.434 e. The molecule has 140 valence electrons. The van der Waals surface area contributed by atoms with Crippen molar-refractivity contribution in [2.45, 2.75) is 51.9 Å². The standard InChI is InChI=1S/C20H25NO5/c1-3-25-20(22)26-18-10-17(21(23)24)11(2)4-16(18)19-14-6-12-5-13(8-14)9-15(19)7-12/h4,10,12-15,19H,3,5-9H2,1-2H3. The predicted octanol–water partition coefficient (Wildman–Crippen LogP) is 4.98. The summed E-state index contributed by atoms with van der Waals surface area (Å²) in [7, 11) is 0. The second kappa shape index (κ2) is 6.56.